The summed E-state index contributed by atoms with van der Waals surface area (Å²) in [7, 11) is 0. The van der Waals surface area contributed by atoms with Gasteiger partial charge in [0.2, 0.25) is 0 Å². The van der Waals surface area contributed by atoms with Crippen LogP contribution in [-0.4, -0.2) is 22.3 Å². The highest BCUT2D eigenvalue weighted by Gasteiger charge is 2.37. The van der Waals surface area contributed by atoms with E-state index in [1.807, 2.05) is 26.0 Å². The van der Waals surface area contributed by atoms with Gasteiger partial charge in [0.15, 0.2) is 0 Å². The highest BCUT2D eigenvalue weighted by Crippen LogP contribution is 2.38. The van der Waals surface area contributed by atoms with E-state index < -0.39 is 0 Å². The summed E-state index contributed by atoms with van der Waals surface area (Å²) < 4.78 is 0. The molecule has 0 radical (unpaired) electrons. The lowest BCUT2D eigenvalue weighted by molar-refractivity contribution is 0.0869. The number of fused-ring (bicyclic) bond motifs is 2. The average Bonchev–Trinajstić information content (AvgIpc) is 2.59. The minimum atomic E-state index is -0.336. The van der Waals surface area contributed by atoms with E-state index in [2.05, 4.69) is 80.8 Å². The zero-order valence-electron chi connectivity index (χ0n) is 17.3. The lowest BCUT2D eigenvalue weighted by Gasteiger charge is -2.42. The normalized spacial score (nSPS) is 24.0. The van der Waals surface area contributed by atoms with E-state index in [4.69, 9.17) is 0 Å². The summed E-state index contributed by atoms with van der Waals surface area (Å²) in [5.74, 6) is 0.197. The fourth-order valence-electron chi connectivity index (χ4n) is 4.16. The zero-order chi connectivity index (χ0) is 19.8. The molecule has 3 N–H and O–H groups in total. The molecule has 2 aromatic carbocycles. The first-order valence-corrected chi connectivity index (χ1v) is 9.73. The quantitative estimate of drug-likeness (QED) is 0.566. The van der Waals surface area contributed by atoms with E-state index >= 15 is 0 Å². The molecule has 0 saturated carbocycles. The number of anilines is 2. The van der Waals surface area contributed by atoms with Crippen molar-refractivity contribution in [2.75, 3.05) is 10.6 Å². The van der Waals surface area contributed by atoms with Crippen molar-refractivity contribution >= 4 is 16.9 Å². The number of allylic oxidation sites excluding steroid dienone is 1. The second-order valence-corrected chi connectivity index (χ2v) is 8.89. The standard InChI is InChI=1S/C12H17NO.C12H15N/c1-8-9-6-4-5-7-10(9)13-12(2,3)11(8)14;1-9-8-12(2,3)13-11-7-5-4-6-10(9)11/h4-8,11,13-14H,1-3H3;4-8,13H,1-3H3. The van der Waals surface area contributed by atoms with Crippen molar-refractivity contribution < 1.29 is 5.11 Å². The van der Waals surface area contributed by atoms with Gasteiger partial charge in [0.25, 0.3) is 0 Å². The van der Waals surface area contributed by atoms with Gasteiger partial charge in [0, 0.05) is 22.9 Å². The molecule has 3 heteroatoms. The first-order valence-electron chi connectivity index (χ1n) is 9.73. The molecule has 0 spiro atoms. The van der Waals surface area contributed by atoms with Crippen molar-refractivity contribution in [2.45, 2.75) is 64.6 Å². The number of hydrogen-bond donors (Lipinski definition) is 3. The van der Waals surface area contributed by atoms with Crippen molar-refractivity contribution in [2.24, 2.45) is 0 Å². The van der Waals surface area contributed by atoms with Gasteiger partial charge in [-0.05, 0) is 57.9 Å². The molecule has 2 aliphatic rings. The van der Waals surface area contributed by atoms with Crippen LogP contribution < -0.4 is 10.6 Å². The topological polar surface area (TPSA) is 44.3 Å². The molecule has 0 saturated heterocycles. The van der Waals surface area contributed by atoms with Crippen LogP contribution in [0.3, 0.4) is 0 Å². The summed E-state index contributed by atoms with van der Waals surface area (Å²) in [5, 5.41) is 16.9. The van der Waals surface area contributed by atoms with Crippen molar-refractivity contribution in [1.82, 2.24) is 0 Å². The third kappa shape index (κ3) is 4.03. The second-order valence-electron chi connectivity index (χ2n) is 8.89. The van der Waals surface area contributed by atoms with Crippen LogP contribution >= 0.6 is 0 Å². The molecule has 27 heavy (non-hydrogen) atoms. The van der Waals surface area contributed by atoms with Crippen LogP contribution in [-0.2, 0) is 0 Å². The van der Waals surface area contributed by atoms with Crippen LogP contribution in [0.1, 0.15) is 58.6 Å². The average molecular weight is 365 g/mol. The predicted molar refractivity (Wildman–Crippen MR) is 116 cm³/mol. The molecule has 0 aromatic heterocycles. The Hall–Kier alpha value is -2.26. The van der Waals surface area contributed by atoms with Gasteiger partial charge in [-0.15, -0.1) is 0 Å². The third-order valence-electron chi connectivity index (χ3n) is 5.51. The highest BCUT2D eigenvalue weighted by atomic mass is 16.3. The van der Waals surface area contributed by atoms with Gasteiger partial charge in [-0.25, -0.2) is 0 Å². The van der Waals surface area contributed by atoms with Gasteiger partial charge in [-0.3, -0.25) is 0 Å². The molecule has 2 unspecified atom stereocenters. The number of benzene rings is 2. The highest BCUT2D eigenvalue weighted by molar-refractivity contribution is 5.79. The number of nitrogens with one attached hydrogen (secondary N) is 2. The Labute approximate surface area is 163 Å². The Morgan fingerprint density at radius 2 is 1.44 bits per heavy atom. The van der Waals surface area contributed by atoms with Gasteiger partial charge >= 0.3 is 0 Å². The van der Waals surface area contributed by atoms with Crippen molar-refractivity contribution in [3.63, 3.8) is 0 Å². The molecule has 0 bridgehead atoms. The lowest BCUT2D eigenvalue weighted by atomic mass is 9.79. The second kappa shape index (κ2) is 7.05. The smallest absolute Gasteiger partial charge is 0.0830 e. The number of aliphatic hydroxyl groups excluding tert-OH is 1. The van der Waals surface area contributed by atoms with Gasteiger partial charge in [0.1, 0.15) is 0 Å². The van der Waals surface area contributed by atoms with Crippen molar-refractivity contribution in [3.05, 3.63) is 65.7 Å². The molecular formula is C24H32N2O. The summed E-state index contributed by atoms with van der Waals surface area (Å²) in [6.45, 7) is 12.7. The Balaban J connectivity index is 0.000000156. The van der Waals surface area contributed by atoms with E-state index in [9.17, 15) is 5.11 Å². The first kappa shape index (κ1) is 19.5. The largest absolute Gasteiger partial charge is 0.390 e. The minimum Gasteiger partial charge on any atom is -0.390 e. The minimum absolute atomic E-state index is 0.0818. The Morgan fingerprint density at radius 3 is 2.15 bits per heavy atom. The van der Waals surface area contributed by atoms with Gasteiger partial charge in [0.05, 0.1) is 17.2 Å². The van der Waals surface area contributed by atoms with E-state index in [0.717, 1.165) is 5.69 Å². The van der Waals surface area contributed by atoms with Crippen LogP contribution in [0, 0.1) is 0 Å². The molecule has 0 fully saturated rings. The number of para-hydroxylation sites is 2. The van der Waals surface area contributed by atoms with Gasteiger partial charge in [-0.2, -0.15) is 0 Å². The van der Waals surface area contributed by atoms with Gasteiger partial charge < -0.3 is 15.7 Å². The molecule has 2 atom stereocenters. The van der Waals surface area contributed by atoms with Crippen LogP contribution in [0.15, 0.2) is 54.6 Å². The third-order valence-corrected chi connectivity index (χ3v) is 5.51. The fourth-order valence-corrected chi connectivity index (χ4v) is 4.16. The van der Waals surface area contributed by atoms with Crippen LogP contribution in [0.25, 0.3) is 5.57 Å². The van der Waals surface area contributed by atoms with Crippen molar-refractivity contribution in [3.8, 4) is 0 Å². The maximum atomic E-state index is 10.1. The van der Waals surface area contributed by atoms with Crippen LogP contribution in [0.4, 0.5) is 11.4 Å². The zero-order valence-corrected chi connectivity index (χ0v) is 17.3. The van der Waals surface area contributed by atoms with E-state index in [-0.39, 0.29) is 23.1 Å². The molecule has 2 aliphatic heterocycles. The van der Waals surface area contributed by atoms with Crippen LogP contribution in [0.5, 0.6) is 0 Å². The Bertz CT molecular complexity index is 851. The molecule has 3 nitrogen and oxygen atoms in total. The van der Waals surface area contributed by atoms with E-state index in [1.165, 1.54) is 22.4 Å². The Kier molecular flexibility index (Phi) is 5.09. The maximum absolute atomic E-state index is 10.1. The molecule has 2 heterocycles. The summed E-state index contributed by atoms with van der Waals surface area (Å²) >= 11 is 0. The summed E-state index contributed by atoms with van der Waals surface area (Å²) in [5.41, 5.74) is 6.12. The SMILES string of the molecule is CC1=CC(C)(C)Nc2ccccc21.CC1c2ccccc2NC(C)(C)C1O. The fraction of sp³-hybridized carbons (Fsp3) is 0.417. The maximum Gasteiger partial charge on any atom is 0.0830 e. The molecular weight excluding hydrogens is 332 g/mol. The monoisotopic (exact) mass is 364 g/mol. The van der Waals surface area contributed by atoms with Crippen LogP contribution in [0.2, 0.25) is 0 Å². The number of aliphatic hydroxyl groups is 1. The lowest BCUT2D eigenvalue weighted by Crippen LogP contribution is -2.49. The van der Waals surface area contributed by atoms with E-state index in [0.29, 0.717) is 0 Å². The molecule has 0 amide bonds. The summed E-state index contributed by atoms with van der Waals surface area (Å²) in [6, 6.07) is 16.6. The summed E-state index contributed by atoms with van der Waals surface area (Å²) in [4.78, 5) is 0. The van der Waals surface area contributed by atoms with E-state index in [1.54, 1.807) is 0 Å². The van der Waals surface area contributed by atoms with Gasteiger partial charge in [-0.1, -0.05) is 49.4 Å². The molecule has 2 aromatic rings. The summed E-state index contributed by atoms with van der Waals surface area (Å²) in [6.07, 6.45) is 1.94. The molecule has 144 valence electrons. The number of rotatable bonds is 0. The Morgan fingerprint density at radius 1 is 0.852 bits per heavy atom. The van der Waals surface area contributed by atoms with Crippen molar-refractivity contribution in [1.29, 1.82) is 0 Å². The number of hydrogen-bond acceptors (Lipinski definition) is 3. The molecule has 4 rings (SSSR count). The first-order chi connectivity index (χ1) is 12.6. The molecule has 0 aliphatic carbocycles. The predicted octanol–water partition coefficient (Wildman–Crippen LogP) is 5.65.